The average molecular weight is 368 g/mol. The Bertz CT molecular complexity index is 711. The van der Waals surface area contributed by atoms with Crippen LogP contribution in [0.3, 0.4) is 0 Å². The van der Waals surface area contributed by atoms with Crippen LogP contribution in [0.4, 0.5) is 4.39 Å². The van der Waals surface area contributed by atoms with Crippen molar-refractivity contribution in [3.8, 4) is 0 Å². The second-order valence-corrected chi connectivity index (χ2v) is 6.89. The minimum absolute atomic E-state index is 0.125. The standard InChI is InChI=1S/C23H29FN2O/c1-19(2)26(18-15-20-7-4-3-5-8-20)17-6-16-25-23(27)14-11-21-9-12-22(24)13-10-21/h3-5,7-14,19H,6,15-18H2,1-2H3,(H,25,27). The molecule has 2 rings (SSSR count). The predicted octanol–water partition coefficient (Wildman–Crippen LogP) is 4.30. The third-order valence-electron chi connectivity index (χ3n) is 4.48. The van der Waals surface area contributed by atoms with Gasteiger partial charge in [-0.25, -0.2) is 4.39 Å². The first-order chi connectivity index (χ1) is 13.0. The Morgan fingerprint density at radius 1 is 1.07 bits per heavy atom. The molecule has 144 valence electrons. The van der Waals surface area contributed by atoms with Gasteiger partial charge in [-0.15, -0.1) is 0 Å². The number of nitrogens with one attached hydrogen (secondary N) is 1. The van der Waals surface area contributed by atoms with Crippen molar-refractivity contribution in [3.63, 3.8) is 0 Å². The number of carbonyl (C=O) groups excluding carboxylic acids is 1. The van der Waals surface area contributed by atoms with Crippen molar-refractivity contribution in [1.29, 1.82) is 0 Å². The minimum atomic E-state index is -0.279. The monoisotopic (exact) mass is 368 g/mol. The fourth-order valence-electron chi connectivity index (χ4n) is 2.84. The average Bonchev–Trinajstić information content (AvgIpc) is 2.67. The van der Waals surface area contributed by atoms with E-state index in [2.05, 4.69) is 48.3 Å². The Morgan fingerprint density at radius 2 is 1.78 bits per heavy atom. The fraction of sp³-hybridized carbons (Fsp3) is 0.348. The van der Waals surface area contributed by atoms with E-state index in [1.807, 2.05) is 6.07 Å². The summed E-state index contributed by atoms with van der Waals surface area (Å²) in [6.45, 7) is 7.01. The molecule has 0 aliphatic heterocycles. The van der Waals surface area contributed by atoms with Crippen LogP contribution in [0.1, 0.15) is 31.4 Å². The molecule has 0 aliphatic rings. The molecule has 0 fully saturated rings. The van der Waals surface area contributed by atoms with Gasteiger partial charge in [-0.05, 0) is 56.0 Å². The number of benzene rings is 2. The maximum atomic E-state index is 12.9. The van der Waals surface area contributed by atoms with Gasteiger partial charge >= 0.3 is 0 Å². The van der Waals surface area contributed by atoms with E-state index in [1.54, 1.807) is 18.2 Å². The van der Waals surface area contributed by atoms with E-state index >= 15 is 0 Å². The summed E-state index contributed by atoms with van der Waals surface area (Å²) in [6, 6.07) is 17.0. The molecule has 0 unspecified atom stereocenters. The van der Waals surface area contributed by atoms with E-state index < -0.39 is 0 Å². The second kappa shape index (κ2) is 11.3. The van der Waals surface area contributed by atoms with Crippen LogP contribution in [-0.2, 0) is 11.2 Å². The second-order valence-electron chi connectivity index (χ2n) is 6.89. The van der Waals surface area contributed by atoms with Crippen LogP contribution < -0.4 is 5.32 Å². The van der Waals surface area contributed by atoms with Gasteiger partial charge < -0.3 is 10.2 Å². The zero-order valence-electron chi connectivity index (χ0n) is 16.2. The van der Waals surface area contributed by atoms with Gasteiger partial charge in [0.2, 0.25) is 5.91 Å². The first-order valence-corrected chi connectivity index (χ1v) is 9.54. The zero-order valence-corrected chi connectivity index (χ0v) is 16.2. The van der Waals surface area contributed by atoms with Crippen molar-refractivity contribution in [2.75, 3.05) is 19.6 Å². The first kappa shape index (κ1) is 20.8. The van der Waals surface area contributed by atoms with Gasteiger partial charge in [0.1, 0.15) is 5.82 Å². The minimum Gasteiger partial charge on any atom is -0.353 e. The molecule has 0 spiro atoms. The maximum Gasteiger partial charge on any atom is 0.243 e. The third-order valence-corrected chi connectivity index (χ3v) is 4.48. The van der Waals surface area contributed by atoms with E-state index in [1.165, 1.54) is 23.8 Å². The highest BCUT2D eigenvalue weighted by Crippen LogP contribution is 2.06. The van der Waals surface area contributed by atoms with Gasteiger partial charge in [0.05, 0.1) is 0 Å². The van der Waals surface area contributed by atoms with Crippen molar-refractivity contribution < 1.29 is 9.18 Å². The van der Waals surface area contributed by atoms with Crippen LogP contribution in [0, 0.1) is 5.82 Å². The maximum absolute atomic E-state index is 12.9. The van der Waals surface area contributed by atoms with E-state index in [4.69, 9.17) is 0 Å². The molecule has 0 radical (unpaired) electrons. The lowest BCUT2D eigenvalue weighted by Gasteiger charge is -2.26. The topological polar surface area (TPSA) is 32.3 Å². The Morgan fingerprint density at radius 3 is 2.44 bits per heavy atom. The summed E-state index contributed by atoms with van der Waals surface area (Å²) in [4.78, 5) is 14.3. The van der Waals surface area contributed by atoms with Gasteiger partial charge in [0, 0.05) is 31.8 Å². The van der Waals surface area contributed by atoms with Crippen molar-refractivity contribution >= 4 is 12.0 Å². The lowest BCUT2D eigenvalue weighted by atomic mass is 10.1. The highest BCUT2D eigenvalue weighted by molar-refractivity contribution is 5.91. The predicted molar refractivity (Wildman–Crippen MR) is 110 cm³/mol. The molecule has 4 heteroatoms. The van der Waals surface area contributed by atoms with Crippen LogP contribution >= 0.6 is 0 Å². The molecule has 2 aromatic carbocycles. The summed E-state index contributed by atoms with van der Waals surface area (Å²) >= 11 is 0. The van der Waals surface area contributed by atoms with Gasteiger partial charge in [0.25, 0.3) is 0 Å². The molecule has 0 bridgehead atoms. The first-order valence-electron chi connectivity index (χ1n) is 9.54. The molecule has 0 heterocycles. The van der Waals surface area contributed by atoms with E-state index in [9.17, 15) is 9.18 Å². The fourth-order valence-corrected chi connectivity index (χ4v) is 2.84. The van der Waals surface area contributed by atoms with Crippen molar-refractivity contribution in [2.24, 2.45) is 0 Å². The molecule has 1 N–H and O–H groups in total. The zero-order chi connectivity index (χ0) is 19.5. The van der Waals surface area contributed by atoms with E-state index in [0.29, 0.717) is 12.6 Å². The molecule has 0 saturated heterocycles. The Labute approximate surface area is 161 Å². The number of amides is 1. The van der Waals surface area contributed by atoms with Gasteiger partial charge in [-0.1, -0.05) is 42.5 Å². The lowest BCUT2D eigenvalue weighted by molar-refractivity contribution is -0.116. The molecule has 1 amide bonds. The molecule has 27 heavy (non-hydrogen) atoms. The smallest absolute Gasteiger partial charge is 0.243 e. The Balaban J connectivity index is 1.68. The van der Waals surface area contributed by atoms with E-state index in [0.717, 1.165) is 31.5 Å². The summed E-state index contributed by atoms with van der Waals surface area (Å²) in [5.74, 6) is -0.404. The Hall–Kier alpha value is -2.46. The van der Waals surface area contributed by atoms with Crippen molar-refractivity contribution in [1.82, 2.24) is 10.2 Å². The summed E-state index contributed by atoms with van der Waals surface area (Å²) in [7, 11) is 0. The van der Waals surface area contributed by atoms with Crippen LogP contribution in [0.2, 0.25) is 0 Å². The lowest BCUT2D eigenvalue weighted by Crippen LogP contribution is -2.35. The number of nitrogens with zero attached hydrogens (tertiary/aromatic N) is 1. The summed E-state index contributed by atoms with van der Waals surface area (Å²) in [6.07, 6.45) is 5.12. The van der Waals surface area contributed by atoms with Crippen molar-refractivity contribution in [3.05, 3.63) is 77.6 Å². The molecule has 0 aliphatic carbocycles. The van der Waals surface area contributed by atoms with Crippen LogP contribution in [0.15, 0.2) is 60.7 Å². The molecule has 0 atom stereocenters. The van der Waals surface area contributed by atoms with Crippen LogP contribution in [-0.4, -0.2) is 36.5 Å². The van der Waals surface area contributed by atoms with Gasteiger partial charge in [-0.3, -0.25) is 4.79 Å². The quantitative estimate of drug-likeness (QED) is 0.501. The summed E-state index contributed by atoms with van der Waals surface area (Å²) in [5.41, 5.74) is 2.15. The third kappa shape index (κ3) is 8.18. The SMILES string of the molecule is CC(C)N(CCCNC(=O)C=Cc1ccc(F)cc1)CCc1ccccc1. The highest BCUT2D eigenvalue weighted by atomic mass is 19.1. The number of carbonyl (C=O) groups is 1. The molecule has 0 saturated carbocycles. The summed E-state index contributed by atoms with van der Waals surface area (Å²) < 4.78 is 12.9. The molecular formula is C23H29FN2O. The number of hydrogen-bond acceptors (Lipinski definition) is 2. The Kier molecular flexibility index (Phi) is 8.72. The number of halogens is 1. The molecule has 3 nitrogen and oxygen atoms in total. The highest BCUT2D eigenvalue weighted by Gasteiger charge is 2.09. The van der Waals surface area contributed by atoms with E-state index in [-0.39, 0.29) is 11.7 Å². The van der Waals surface area contributed by atoms with Crippen LogP contribution in [0.5, 0.6) is 0 Å². The number of hydrogen-bond donors (Lipinski definition) is 1. The normalized spacial score (nSPS) is 11.4. The van der Waals surface area contributed by atoms with Gasteiger partial charge in [0.15, 0.2) is 0 Å². The number of rotatable bonds is 10. The molecule has 2 aromatic rings. The largest absolute Gasteiger partial charge is 0.353 e. The van der Waals surface area contributed by atoms with Gasteiger partial charge in [-0.2, -0.15) is 0 Å². The summed E-state index contributed by atoms with van der Waals surface area (Å²) in [5, 5.41) is 2.91. The molecular weight excluding hydrogens is 339 g/mol. The van der Waals surface area contributed by atoms with Crippen molar-refractivity contribution in [2.45, 2.75) is 32.7 Å². The molecule has 0 aromatic heterocycles. The van der Waals surface area contributed by atoms with Crippen LogP contribution in [0.25, 0.3) is 6.08 Å².